The molecular weight excluding hydrogens is 222 g/mol. The van der Waals surface area contributed by atoms with Crippen molar-refractivity contribution in [3.05, 3.63) is 35.9 Å². The Hall–Kier alpha value is -1.88. The van der Waals surface area contributed by atoms with Crippen LogP contribution < -0.4 is 5.32 Å². The first-order chi connectivity index (χ1) is 8.16. The van der Waals surface area contributed by atoms with Crippen LogP contribution in [-0.2, 0) is 9.53 Å². The van der Waals surface area contributed by atoms with Gasteiger partial charge in [-0.1, -0.05) is 18.2 Å². The van der Waals surface area contributed by atoms with Crippen LogP contribution in [0.3, 0.4) is 0 Å². The predicted octanol–water partition coefficient (Wildman–Crippen LogP) is 0.658. The molecule has 90 valence electrons. The third-order valence-electron chi connectivity index (χ3n) is 2.67. The molecule has 2 rings (SSSR count). The van der Waals surface area contributed by atoms with Gasteiger partial charge in [-0.05, 0) is 12.1 Å². The van der Waals surface area contributed by atoms with Gasteiger partial charge in [0, 0.05) is 13.0 Å². The van der Waals surface area contributed by atoms with Gasteiger partial charge in [0.2, 0.25) is 0 Å². The number of carbonyl (C=O) groups is 2. The van der Waals surface area contributed by atoms with Crippen LogP contribution >= 0.6 is 0 Å². The summed E-state index contributed by atoms with van der Waals surface area (Å²) in [6.07, 6.45) is -0.0581. The minimum absolute atomic E-state index is 0.313. The van der Waals surface area contributed by atoms with Crippen LogP contribution in [0.1, 0.15) is 16.8 Å². The molecule has 1 unspecified atom stereocenters. The Balaban J connectivity index is 1.91. The second-order valence-corrected chi connectivity index (χ2v) is 3.93. The molecule has 1 aliphatic heterocycles. The Morgan fingerprint density at radius 3 is 2.59 bits per heavy atom. The molecule has 5 heteroatoms. The first kappa shape index (κ1) is 11.6. The van der Waals surface area contributed by atoms with Crippen molar-refractivity contribution in [1.82, 2.24) is 5.32 Å². The molecule has 0 aliphatic carbocycles. The largest absolute Gasteiger partial charge is 0.480 e. The molecule has 5 nitrogen and oxygen atoms in total. The lowest BCUT2D eigenvalue weighted by atomic mass is 10.2. The summed E-state index contributed by atoms with van der Waals surface area (Å²) in [7, 11) is 0. The number of ether oxygens (including phenoxy) is 1. The molecule has 2 N–H and O–H groups in total. The number of hydrogen-bond acceptors (Lipinski definition) is 4. The molecule has 1 aliphatic rings. The van der Waals surface area contributed by atoms with Crippen molar-refractivity contribution in [2.24, 2.45) is 0 Å². The number of nitrogens with one attached hydrogen (secondary N) is 1. The second-order valence-electron chi connectivity index (χ2n) is 3.93. The van der Waals surface area contributed by atoms with E-state index in [1.54, 1.807) is 24.3 Å². The smallest absolute Gasteiger partial charge is 0.338 e. The van der Waals surface area contributed by atoms with E-state index in [0.717, 1.165) is 0 Å². The van der Waals surface area contributed by atoms with E-state index in [0.29, 0.717) is 18.5 Å². The molecule has 1 heterocycles. The molecule has 0 saturated carbocycles. The van der Waals surface area contributed by atoms with Crippen molar-refractivity contribution in [1.29, 1.82) is 0 Å². The van der Waals surface area contributed by atoms with Gasteiger partial charge >= 0.3 is 11.9 Å². The number of carboxylic acids is 1. The van der Waals surface area contributed by atoms with Crippen LogP contribution in [-0.4, -0.2) is 35.7 Å². The van der Waals surface area contributed by atoms with Crippen LogP contribution in [0.15, 0.2) is 30.3 Å². The topological polar surface area (TPSA) is 75.6 Å². The van der Waals surface area contributed by atoms with Gasteiger partial charge in [-0.3, -0.25) is 4.79 Å². The number of rotatable bonds is 3. The van der Waals surface area contributed by atoms with E-state index < -0.39 is 18.0 Å². The quantitative estimate of drug-likeness (QED) is 0.753. The highest BCUT2D eigenvalue weighted by Gasteiger charge is 2.31. The standard InChI is InChI=1S/C12H13NO4/c14-11(15)10-6-9(7-13-10)17-12(16)8-4-2-1-3-5-8/h1-5,9-10,13H,6-7H2,(H,14,15)/t9?,10-/m0/s1. The number of aliphatic carboxylic acids is 1. The molecule has 1 aromatic carbocycles. The zero-order valence-corrected chi connectivity index (χ0v) is 9.13. The third-order valence-corrected chi connectivity index (χ3v) is 2.67. The van der Waals surface area contributed by atoms with E-state index in [1.807, 2.05) is 6.07 Å². The van der Waals surface area contributed by atoms with Crippen LogP contribution in [0.5, 0.6) is 0 Å². The van der Waals surface area contributed by atoms with Crippen molar-refractivity contribution in [2.45, 2.75) is 18.6 Å². The van der Waals surface area contributed by atoms with E-state index in [1.165, 1.54) is 0 Å². The van der Waals surface area contributed by atoms with Crippen LogP contribution in [0, 0.1) is 0 Å². The fourth-order valence-electron chi connectivity index (χ4n) is 1.77. The van der Waals surface area contributed by atoms with Crippen molar-refractivity contribution in [2.75, 3.05) is 6.54 Å². The first-order valence-corrected chi connectivity index (χ1v) is 5.39. The van der Waals surface area contributed by atoms with Crippen molar-refractivity contribution in [3.8, 4) is 0 Å². The Morgan fingerprint density at radius 1 is 1.29 bits per heavy atom. The summed E-state index contributed by atoms with van der Waals surface area (Å²) in [4.78, 5) is 22.4. The van der Waals surface area contributed by atoms with E-state index >= 15 is 0 Å². The van der Waals surface area contributed by atoms with Gasteiger partial charge in [-0.25, -0.2) is 4.79 Å². The van der Waals surface area contributed by atoms with Gasteiger partial charge in [0.15, 0.2) is 0 Å². The maximum absolute atomic E-state index is 11.7. The highest BCUT2D eigenvalue weighted by Crippen LogP contribution is 2.13. The molecule has 1 aromatic rings. The third kappa shape index (κ3) is 2.82. The van der Waals surface area contributed by atoms with E-state index in [-0.39, 0.29) is 6.10 Å². The zero-order chi connectivity index (χ0) is 12.3. The highest BCUT2D eigenvalue weighted by atomic mass is 16.5. The molecular formula is C12H13NO4. The molecule has 2 atom stereocenters. The monoisotopic (exact) mass is 235 g/mol. The summed E-state index contributed by atoms with van der Waals surface area (Å²) in [6.45, 7) is 0.384. The van der Waals surface area contributed by atoms with Gasteiger partial charge in [-0.2, -0.15) is 0 Å². The number of carbonyl (C=O) groups excluding carboxylic acids is 1. The zero-order valence-electron chi connectivity index (χ0n) is 9.13. The molecule has 0 aromatic heterocycles. The van der Waals surface area contributed by atoms with Crippen LogP contribution in [0.25, 0.3) is 0 Å². The van der Waals surface area contributed by atoms with Gasteiger partial charge in [-0.15, -0.1) is 0 Å². The number of benzene rings is 1. The van der Waals surface area contributed by atoms with E-state index in [2.05, 4.69) is 5.32 Å². The maximum atomic E-state index is 11.7. The summed E-state index contributed by atoms with van der Waals surface area (Å²) in [5, 5.41) is 11.6. The molecule has 1 saturated heterocycles. The SMILES string of the molecule is O=C(OC1CN[C@H](C(=O)O)C1)c1ccccc1. The molecule has 0 amide bonds. The summed E-state index contributed by atoms with van der Waals surface area (Å²) < 4.78 is 5.21. The average molecular weight is 235 g/mol. The average Bonchev–Trinajstić information content (AvgIpc) is 2.79. The lowest BCUT2D eigenvalue weighted by Gasteiger charge is -2.10. The van der Waals surface area contributed by atoms with Gasteiger partial charge in [0.05, 0.1) is 5.56 Å². The summed E-state index contributed by atoms with van der Waals surface area (Å²) in [6, 6.07) is 8.03. The fourth-order valence-corrected chi connectivity index (χ4v) is 1.77. The normalized spacial score (nSPS) is 23.3. The molecule has 0 bridgehead atoms. The second kappa shape index (κ2) is 4.97. The van der Waals surface area contributed by atoms with E-state index in [4.69, 9.17) is 9.84 Å². The minimum atomic E-state index is -0.914. The Bertz CT molecular complexity index is 418. The minimum Gasteiger partial charge on any atom is -0.480 e. The predicted molar refractivity (Wildman–Crippen MR) is 59.7 cm³/mol. The maximum Gasteiger partial charge on any atom is 0.338 e. The van der Waals surface area contributed by atoms with Gasteiger partial charge < -0.3 is 15.2 Å². The Morgan fingerprint density at radius 2 is 2.00 bits per heavy atom. The summed E-state index contributed by atoms with van der Waals surface area (Å²) >= 11 is 0. The van der Waals surface area contributed by atoms with E-state index in [9.17, 15) is 9.59 Å². The fraction of sp³-hybridized carbons (Fsp3) is 0.333. The number of carboxylic acid groups (broad SMARTS) is 1. The first-order valence-electron chi connectivity index (χ1n) is 5.39. The molecule has 0 radical (unpaired) electrons. The molecule has 0 spiro atoms. The Labute approximate surface area is 98.4 Å². The lowest BCUT2D eigenvalue weighted by Crippen LogP contribution is -2.30. The summed E-state index contributed by atoms with van der Waals surface area (Å²) in [5.74, 6) is -1.33. The van der Waals surface area contributed by atoms with Crippen molar-refractivity contribution < 1.29 is 19.4 Å². The lowest BCUT2D eigenvalue weighted by molar-refractivity contribution is -0.139. The Kier molecular flexibility index (Phi) is 3.39. The number of hydrogen-bond donors (Lipinski definition) is 2. The number of esters is 1. The summed E-state index contributed by atoms with van der Waals surface area (Å²) in [5.41, 5.74) is 0.478. The van der Waals surface area contributed by atoms with Gasteiger partial charge in [0.1, 0.15) is 12.1 Å². The molecule has 1 fully saturated rings. The highest BCUT2D eigenvalue weighted by molar-refractivity contribution is 5.89. The molecule has 17 heavy (non-hydrogen) atoms. The van der Waals surface area contributed by atoms with Crippen molar-refractivity contribution >= 4 is 11.9 Å². The van der Waals surface area contributed by atoms with Crippen molar-refractivity contribution in [3.63, 3.8) is 0 Å². The van der Waals surface area contributed by atoms with Crippen LogP contribution in [0.2, 0.25) is 0 Å². The van der Waals surface area contributed by atoms with Gasteiger partial charge in [0.25, 0.3) is 0 Å². The van der Waals surface area contributed by atoms with Crippen LogP contribution in [0.4, 0.5) is 0 Å².